The first-order chi connectivity index (χ1) is 16.5. The number of amidine groups is 1. The molecule has 2 heterocycles. The molecule has 0 bridgehead atoms. The van der Waals surface area contributed by atoms with Crippen LogP contribution in [0, 0.1) is 6.92 Å². The normalized spacial score (nSPS) is 18.2. The molecule has 1 fully saturated rings. The van der Waals surface area contributed by atoms with Crippen molar-refractivity contribution in [2.45, 2.75) is 38.0 Å². The third kappa shape index (κ3) is 4.55. The van der Waals surface area contributed by atoms with Gasteiger partial charge in [-0.3, -0.25) is 9.48 Å². The molecule has 1 amide bonds. The van der Waals surface area contributed by atoms with E-state index in [1.807, 2.05) is 0 Å². The van der Waals surface area contributed by atoms with Crippen molar-refractivity contribution in [3.63, 3.8) is 0 Å². The smallest absolute Gasteiger partial charge is 0.416 e. The largest absolute Gasteiger partial charge is 0.480 e. The Morgan fingerprint density at radius 1 is 1.26 bits per heavy atom. The van der Waals surface area contributed by atoms with Gasteiger partial charge in [-0.1, -0.05) is 23.8 Å². The number of aryl methyl sites for hydroxylation is 1. The van der Waals surface area contributed by atoms with Crippen LogP contribution in [0.5, 0.6) is 0 Å². The molecule has 0 spiro atoms. The van der Waals surface area contributed by atoms with Crippen LogP contribution in [0.2, 0.25) is 0 Å². The molecule has 7 nitrogen and oxygen atoms in total. The van der Waals surface area contributed by atoms with Crippen LogP contribution >= 0.6 is 11.8 Å². The molecule has 1 saturated carbocycles. The number of carbonyl (C=O) groups excluding carboxylic acids is 1. The number of fused-ring (bicyclic) bond motifs is 1. The molecule has 1 aliphatic heterocycles. The highest BCUT2D eigenvalue weighted by Crippen LogP contribution is 2.38. The highest BCUT2D eigenvalue weighted by Gasteiger charge is 2.51. The molecule has 0 saturated heterocycles. The predicted octanol–water partition coefficient (Wildman–Crippen LogP) is 4.59. The highest BCUT2D eigenvalue weighted by atomic mass is 32.2. The third-order valence-corrected chi connectivity index (χ3v) is 6.88. The Balaban J connectivity index is 1.36. The number of carboxylic acid groups (broad SMARTS) is 1. The summed E-state index contributed by atoms with van der Waals surface area (Å²) in [6.07, 6.45) is -0.306. The Hall–Kier alpha value is -3.60. The van der Waals surface area contributed by atoms with Crippen LogP contribution in [0.15, 0.2) is 52.5 Å². The van der Waals surface area contributed by atoms with Gasteiger partial charge in [0.2, 0.25) is 0 Å². The number of halogens is 3. The van der Waals surface area contributed by atoms with Gasteiger partial charge in [-0.15, -0.1) is 0 Å². The summed E-state index contributed by atoms with van der Waals surface area (Å²) in [6, 6.07) is 9.51. The zero-order chi connectivity index (χ0) is 25.0. The third-order valence-electron chi connectivity index (χ3n) is 5.98. The van der Waals surface area contributed by atoms with Gasteiger partial charge in [0.1, 0.15) is 5.54 Å². The van der Waals surface area contributed by atoms with Gasteiger partial charge in [0.05, 0.1) is 28.7 Å². The van der Waals surface area contributed by atoms with Crippen molar-refractivity contribution in [3.05, 3.63) is 69.8 Å². The van der Waals surface area contributed by atoms with Gasteiger partial charge in [-0.25, -0.2) is 4.79 Å². The number of aliphatic imine (C=N–C) groups is 1. The molecule has 2 aromatic carbocycles. The monoisotopic (exact) mass is 500 g/mol. The average Bonchev–Trinajstić information content (AvgIpc) is 3.35. The molecule has 11 heteroatoms. The maximum absolute atomic E-state index is 13.5. The Labute approximate surface area is 201 Å². The molecular formula is C24H19F3N4O3S. The molecule has 35 heavy (non-hydrogen) atoms. The lowest BCUT2D eigenvalue weighted by molar-refractivity contribution is -0.140. The molecule has 3 aromatic rings. The number of thioether (sulfide) groups is 1. The number of aromatic nitrogens is 2. The highest BCUT2D eigenvalue weighted by molar-refractivity contribution is 8.18. The van der Waals surface area contributed by atoms with Crippen molar-refractivity contribution in [2.75, 3.05) is 0 Å². The number of nitrogens with zero attached hydrogens (tertiary/aromatic N) is 3. The minimum atomic E-state index is -4.46. The average molecular weight is 501 g/mol. The molecule has 0 unspecified atom stereocenters. The number of carbonyl (C=O) groups is 2. The Kier molecular flexibility index (Phi) is 5.47. The standard InChI is InChI=1S/C24H19F3N4O3S/c1-13-2-4-15(17(8-13)24(25,26)27)12-31-18-5-3-14(9-16(18)11-28-31)10-19-20(32)29-22(35-19)30-23(6-7-23)21(33)34/h2-5,8-11H,6-7,12H2,1H3,(H,33,34)(H,29,30,32)/b19-10-. The summed E-state index contributed by atoms with van der Waals surface area (Å²) in [7, 11) is 0. The first-order valence-electron chi connectivity index (χ1n) is 10.7. The maximum Gasteiger partial charge on any atom is 0.416 e. The summed E-state index contributed by atoms with van der Waals surface area (Å²) in [5.41, 5.74) is 0.273. The fraction of sp³-hybridized carbons (Fsp3) is 0.250. The van der Waals surface area contributed by atoms with E-state index in [4.69, 9.17) is 0 Å². The molecule has 2 aliphatic rings. The van der Waals surface area contributed by atoms with E-state index in [0.717, 1.165) is 17.8 Å². The molecule has 0 radical (unpaired) electrons. The predicted molar refractivity (Wildman–Crippen MR) is 126 cm³/mol. The van der Waals surface area contributed by atoms with Gasteiger partial charge >= 0.3 is 12.1 Å². The van der Waals surface area contributed by atoms with Gasteiger partial charge in [-0.05, 0) is 66.9 Å². The van der Waals surface area contributed by atoms with Gasteiger partial charge in [0, 0.05) is 5.39 Å². The lowest BCUT2D eigenvalue weighted by atomic mass is 10.0. The van der Waals surface area contributed by atoms with Crippen LogP contribution < -0.4 is 5.32 Å². The number of hydrogen-bond acceptors (Lipinski definition) is 5. The van der Waals surface area contributed by atoms with Crippen molar-refractivity contribution < 1.29 is 27.9 Å². The maximum atomic E-state index is 13.5. The number of aliphatic carboxylic acids is 1. The van der Waals surface area contributed by atoms with E-state index in [9.17, 15) is 27.9 Å². The van der Waals surface area contributed by atoms with E-state index < -0.39 is 29.2 Å². The molecule has 0 atom stereocenters. The molecule has 180 valence electrons. The Bertz CT molecular complexity index is 1440. The summed E-state index contributed by atoms with van der Waals surface area (Å²) >= 11 is 1.08. The second-order valence-corrected chi connectivity index (χ2v) is 9.65. The van der Waals surface area contributed by atoms with Crippen LogP contribution in [-0.2, 0) is 22.3 Å². The van der Waals surface area contributed by atoms with Gasteiger partial charge in [0.15, 0.2) is 5.17 Å². The second kappa shape index (κ2) is 8.26. The lowest BCUT2D eigenvalue weighted by Crippen LogP contribution is -2.41. The van der Waals surface area contributed by atoms with E-state index >= 15 is 0 Å². The number of alkyl halides is 3. The lowest BCUT2D eigenvalue weighted by Gasteiger charge is -2.14. The Morgan fingerprint density at radius 2 is 2.03 bits per heavy atom. The number of amides is 1. The molecule has 5 rings (SSSR count). The van der Waals surface area contributed by atoms with E-state index in [1.165, 1.54) is 10.7 Å². The molecule has 2 N–H and O–H groups in total. The summed E-state index contributed by atoms with van der Waals surface area (Å²) in [6.45, 7) is 1.58. The van der Waals surface area contributed by atoms with Crippen molar-refractivity contribution >= 4 is 45.8 Å². The number of nitrogens with one attached hydrogen (secondary N) is 1. The van der Waals surface area contributed by atoms with Crippen LogP contribution in [0.3, 0.4) is 0 Å². The zero-order valence-corrected chi connectivity index (χ0v) is 19.2. The van der Waals surface area contributed by atoms with E-state index in [0.29, 0.717) is 39.8 Å². The second-order valence-electron chi connectivity index (χ2n) is 8.62. The number of hydrogen-bond donors (Lipinski definition) is 2. The van der Waals surface area contributed by atoms with E-state index in [1.54, 1.807) is 43.5 Å². The fourth-order valence-corrected chi connectivity index (χ4v) is 4.82. The number of rotatable bonds is 5. The summed E-state index contributed by atoms with van der Waals surface area (Å²) in [4.78, 5) is 27.9. The van der Waals surface area contributed by atoms with Crippen molar-refractivity contribution in [2.24, 2.45) is 4.99 Å². The molecular weight excluding hydrogens is 481 g/mol. The zero-order valence-electron chi connectivity index (χ0n) is 18.4. The van der Waals surface area contributed by atoms with Crippen molar-refractivity contribution in [1.82, 2.24) is 15.1 Å². The summed E-state index contributed by atoms with van der Waals surface area (Å²) in [5.74, 6) is -1.44. The quantitative estimate of drug-likeness (QED) is 0.498. The molecule has 1 aliphatic carbocycles. The topological polar surface area (TPSA) is 96.6 Å². The van der Waals surface area contributed by atoms with Crippen LogP contribution in [0.1, 0.15) is 35.1 Å². The number of benzene rings is 2. The summed E-state index contributed by atoms with van der Waals surface area (Å²) in [5, 5.41) is 17.4. The molecule has 1 aromatic heterocycles. The minimum Gasteiger partial charge on any atom is -0.480 e. The van der Waals surface area contributed by atoms with Gasteiger partial charge in [-0.2, -0.15) is 23.3 Å². The van der Waals surface area contributed by atoms with E-state index in [2.05, 4.69) is 15.4 Å². The minimum absolute atomic E-state index is 0.0401. The van der Waals surface area contributed by atoms with Gasteiger partial charge < -0.3 is 10.4 Å². The summed E-state index contributed by atoms with van der Waals surface area (Å²) < 4.78 is 42.0. The number of carboxylic acids is 1. The van der Waals surface area contributed by atoms with Crippen LogP contribution in [-0.4, -0.2) is 37.5 Å². The fourth-order valence-electron chi connectivity index (χ4n) is 3.91. The first-order valence-corrected chi connectivity index (χ1v) is 11.5. The SMILES string of the molecule is Cc1ccc(Cn2ncc3cc(/C=C4\SC(NC5(C(=O)O)CC5)=NC4=O)ccc32)c(C(F)(F)F)c1. The van der Waals surface area contributed by atoms with Crippen molar-refractivity contribution in [3.8, 4) is 0 Å². The van der Waals surface area contributed by atoms with Crippen LogP contribution in [0.4, 0.5) is 13.2 Å². The van der Waals surface area contributed by atoms with E-state index in [-0.39, 0.29) is 17.3 Å². The van der Waals surface area contributed by atoms with Crippen molar-refractivity contribution in [1.29, 1.82) is 0 Å². The van der Waals surface area contributed by atoms with Gasteiger partial charge in [0.25, 0.3) is 5.91 Å². The Morgan fingerprint density at radius 3 is 2.71 bits per heavy atom. The first kappa shape index (κ1) is 23.2. The van der Waals surface area contributed by atoms with Crippen LogP contribution in [0.25, 0.3) is 17.0 Å².